The molecule has 124 valence electrons. The van der Waals surface area contributed by atoms with Crippen LogP contribution >= 0.6 is 11.8 Å². The number of hydrogen-bond donors (Lipinski definition) is 0. The molecule has 3 aromatic rings. The van der Waals surface area contributed by atoms with E-state index in [1.165, 1.54) is 4.90 Å². The van der Waals surface area contributed by atoms with E-state index in [0.29, 0.717) is 12.5 Å². The molecule has 0 saturated carbocycles. The molecule has 3 heteroatoms. The van der Waals surface area contributed by atoms with E-state index in [2.05, 4.69) is 17.1 Å². The fraction of sp³-hybridized carbons (Fsp3) is 0.0455. The molecule has 3 aromatic carbocycles. The highest BCUT2D eigenvalue weighted by atomic mass is 32.2. The van der Waals surface area contributed by atoms with Crippen LogP contribution in [0.5, 0.6) is 0 Å². The van der Waals surface area contributed by atoms with Crippen molar-refractivity contribution in [1.29, 1.82) is 0 Å². The molecule has 3 rings (SSSR count). The summed E-state index contributed by atoms with van der Waals surface area (Å²) in [6, 6.07) is 30.2. The molecule has 0 bridgehead atoms. The number of rotatable bonds is 6. The topological polar surface area (TPSA) is 21.6 Å². The zero-order valence-corrected chi connectivity index (χ0v) is 14.6. The molecule has 0 N–H and O–H groups in total. The third kappa shape index (κ3) is 5.98. The highest BCUT2D eigenvalue weighted by Crippen LogP contribution is 2.19. The van der Waals surface area contributed by atoms with Gasteiger partial charge in [0, 0.05) is 11.0 Å². The normalized spacial score (nSPS) is 11.6. The lowest BCUT2D eigenvalue weighted by Crippen LogP contribution is -2.01. The highest BCUT2D eigenvalue weighted by molar-refractivity contribution is 8.02. The van der Waals surface area contributed by atoms with Crippen LogP contribution in [0.25, 0.3) is 0 Å². The second kappa shape index (κ2) is 9.50. The van der Waals surface area contributed by atoms with Crippen molar-refractivity contribution in [3.8, 4) is 0 Å². The smallest absolute Gasteiger partial charge is 0.214 e. The van der Waals surface area contributed by atoms with E-state index in [4.69, 9.17) is 4.74 Å². The first kappa shape index (κ1) is 17.1. The highest BCUT2D eigenvalue weighted by Gasteiger charge is 1.99. The summed E-state index contributed by atoms with van der Waals surface area (Å²) in [6.45, 7) is 0.493. The van der Waals surface area contributed by atoms with Crippen LogP contribution in [0, 0.1) is 0 Å². The van der Waals surface area contributed by atoms with E-state index in [1.54, 1.807) is 11.8 Å². The van der Waals surface area contributed by atoms with Gasteiger partial charge in [0.25, 0.3) is 0 Å². The number of benzene rings is 3. The summed E-state index contributed by atoms with van der Waals surface area (Å²) in [5, 5.41) is 2.00. The minimum atomic E-state index is 0.493. The van der Waals surface area contributed by atoms with E-state index in [0.717, 1.165) is 11.3 Å². The monoisotopic (exact) mass is 345 g/mol. The van der Waals surface area contributed by atoms with Crippen LogP contribution in [0.2, 0.25) is 0 Å². The predicted molar refractivity (Wildman–Crippen MR) is 106 cm³/mol. The minimum Gasteiger partial charge on any atom is -0.473 e. The lowest BCUT2D eigenvalue weighted by atomic mass is 10.2. The maximum absolute atomic E-state index is 5.92. The SMILES string of the molecule is C(=CC(=Nc1ccccc1)OCc1ccccc1)Sc1ccccc1. The van der Waals surface area contributed by atoms with Crippen molar-refractivity contribution in [3.63, 3.8) is 0 Å². The van der Waals surface area contributed by atoms with E-state index < -0.39 is 0 Å². The summed E-state index contributed by atoms with van der Waals surface area (Å²) in [7, 11) is 0. The van der Waals surface area contributed by atoms with Gasteiger partial charge in [-0.1, -0.05) is 78.5 Å². The second-order valence-electron chi connectivity index (χ2n) is 5.29. The standard InChI is InChI=1S/C22H19NOS/c1-4-10-19(11-5-1)18-24-22(23-20-12-6-2-7-13-20)16-17-25-21-14-8-3-9-15-21/h1-17H,18H2. The van der Waals surface area contributed by atoms with Crippen LogP contribution in [-0.2, 0) is 11.3 Å². The van der Waals surface area contributed by atoms with Crippen LogP contribution in [-0.4, -0.2) is 5.90 Å². The lowest BCUT2D eigenvalue weighted by molar-refractivity contribution is 0.295. The third-order valence-corrected chi connectivity index (χ3v) is 4.20. The van der Waals surface area contributed by atoms with Crippen molar-refractivity contribution in [1.82, 2.24) is 0 Å². The van der Waals surface area contributed by atoms with Gasteiger partial charge in [0.2, 0.25) is 5.90 Å². The minimum absolute atomic E-state index is 0.493. The Kier molecular flexibility index (Phi) is 6.48. The maximum atomic E-state index is 5.92. The summed E-state index contributed by atoms with van der Waals surface area (Å²) in [5.41, 5.74) is 1.99. The number of hydrogen-bond acceptors (Lipinski definition) is 3. The summed E-state index contributed by atoms with van der Waals surface area (Å²) < 4.78 is 5.92. The maximum Gasteiger partial charge on any atom is 0.214 e. The number of ether oxygens (including phenoxy) is 1. The van der Waals surface area contributed by atoms with Crippen LogP contribution in [0.3, 0.4) is 0 Å². The number of thioether (sulfide) groups is 1. The molecule has 0 radical (unpaired) electrons. The van der Waals surface area contributed by atoms with E-state index in [-0.39, 0.29) is 0 Å². The van der Waals surface area contributed by atoms with Gasteiger partial charge < -0.3 is 4.74 Å². The molecule has 0 amide bonds. The number of para-hydroxylation sites is 1. The van der Waals surface area contributed by atoms with Crippen LogP contribution in [0.1, 0.15) is 5.56 Å². The van der Waals surface area contributed by atoms with E-state index in [9.17, 15) is 0 Å². The van der Waals surface area contributed by atoms with Crippen molar-refractivity contribution < 1.29 is 4.74 Å². The number of nitrogens with zero attached hydrogens (tertiary/aromatic N) is 1. The first-order valence-corrected chi connectivity index (χ1v) is 8.97. The van der Waals surface area contributed by atoms with Crippen LogP contribution in [0.4, 0.5) is 5.69 Å². The fourth-order valence-corrected chi connectivity index (χ4v) is 2.80. The van der Waals surface area contributed by atoms with Gasteiger partial charge in [0.05, 0.1) is 5.69 Å². The Morgan fingerprint density at radius 3 is 2.08 bits per heavy atom. The molecule has 0 heterocycles. The molecule has 0 fully saturated rings. The summed E-state index contributed by atoms with van der Waals surface area (Å²) in [6.07, 6.45) is 1.91. The molecule has 25 heavy (non-hydrogen) atoms. The van der Waals surface area contributed by atoms with E-state index >= 15 is 0 Å². The van der Waals surface area contributed by atoms with Gasteiger partial charge in [-0.05, 0) is 35.2 Å². The Bertz CT molecular complexity index is 814. The predicted octanol–water partition coefficient (Wildman–Crippen LogP) is 6.24. The third-order valence-electron chi connectivity index (χ3n) is 3.38. The molecule has 0 unspecified atom stereocenters. The fourth-order valence-electron chi connectivity index (χ4n) is 2.15. The van der Waals surface area contributed by atoms with Gasteiger partial charge >= 0.3 is 0 Å². The van der Waals surface area contributed by atoms with Crippen LogP contribution < -0.4 is 0 Å². The molecule has 0 aliphatic heterocycles. The molecule has 0 aromatic heterocycles. The molecule has 2 nitrogen and oxygen atoms in total. The van der Waals surface area contributed by atoms with Crippen molar-refractivity contribution in [2.45, 2.75) is 11.5 Å². The van der Waals surface area contributed by atoms with Crippen molar-refractivity contribution in [2.24, 2.45) is 4.99 Å². The Hall–Kier alpha value is -2.78. The molecule has 0 aliphatic carbocycles. The molecule has 0 aliphatic rings. The van der Waals surface area contributed by atoms with Gasteiger partial charge in [-0.3, -0.25) is 0 Å². The largest absolute Gasteiger partial charge is 0.473 e. The number of aliphatic imine (C=N–C) groups is 1. The average molecular weight is 345 g/mol. The van der Waals surface area contributed by atoms with Crippen LogP contribution in [0.15, 0.2) is 112 Å². The van der Waals surface area contributed by atoms with Crippen molar-refractivity contribution in [3.05, 3.63) is 108 Å². The van der Waals surface area contributed by atoms with E-state index in [1.807, 2.05) is 90.3 Å². The Balaban J connectivity index is 1.71. The second-order valence-corrected chi connectivity index (χ2v) is 6.27. The van der Waals surface area contributed by atoms with Crippen molar-refractivity contribution in [2.75, 3.05) is 0 Å². The molecule has 0 spiro atoms. The van der Waals surface area contributed by atoms with Crippen molar-refractivity contribution >= 4 is 23.3 Å². The summed E-state index contributed by atoms with van der Waals surface area (Å²) in [4.78, 5) is 5.78. The van der Waals surface area contributed by atoms with Gasteiger partial charge in [-0.15, -0.1) is 0 Å². The lowest BCUT2D eigenvalue weighted by Gasteiger charge is -2.06. The van der Waals surface area contributed by atoms with Gasteiger partial charge in [0.15, 0.2) is 0 Å². The van der Waals surface area contributed by atoms with Gasteiger partial charge in [-0.2, -0.15) is 0 Å². The molecule has 0 saturated heterocycles. The Morgan fingerprint density at radius 1 is 0.800 bits per heavy atom. The molecular formula is C22H19NOS. The first-order valence-electron chi connectivity index (χ1n) is 8.09. The summed E-state index contributed by atoms with van der Waals surface area (Å²) in [5.74, 6) is 0.596. The van der Waals surface area contributed by atoms with Gasteiger partial charge in [-0.25, -0.2) is 4.99 Å². The Morgan fingerprint density at radius 2 is 1.40 bits per heavy atom. The quantitative estimate of drug-likeness (QED) is 0.300. The zero-order chi connectivity index (χ0) is 17.2. The van der Waals surface area contributed by atoms with Gasteiger partial charge in [0.1, 0.15) is 6.61 Å². The average Bonchev–Trinajstić information content (AvgIpc) is 2.68. The molecular weight excluding hydrogens is 326 g/mol. The zero-order valence-electron chi connectivity index (χ0n) is 13.8. The molecule has 0 atom stereocenters. The first-order chi connectivity index (χ1) is 12.4. The summed E-state index contributed by atoms with van der Waals surface area (Å²) >= 11 is 1.64. The Labute approximate surface area is 152 Å².